The van der Waals surface area contributed by atoms with E-state index in [0.29, 0.717) is 11.6 Å². The van der Waals surface area contributed by atoms with E-state index in [2.05, 4.69) is 0 Å². The molecule has 1 atom stereocenters. The zero-order chi connectivity index (χ0) is 16.1. The Morgan fingerprint density at radius 3 is 2.26 bits per heavy atom. The summed E-state index contributed by atoms with van der Waals surface area (Å²) in [6.45, 7) is 0.538. The van der Waals surface area contributed by atoms with Crippen LogP contribution in [0.2, 0.25) is 5.02 Å². The lowest BCUT2D eigenvalue weighted by Crippen LogP contribution is -2.11. The molecule has 0 fully saturated rings. The molecule has 3 aromatic carbocycles. The summed E-state index contributed by atoms with van der Waals surface area (Å²) in [5.41, 5.74) is 9.47. The first-order valence-electron chi connectivity index (χ1n) is 7.50. The predicted octanol–water partition coefficient (Wildman–Crippen LogP) is 4.97. The van der Waals surface area contributed by atoms with Gasteiger partial charge < -0.3 is 10.5 Å². The van der Waals surface area contributed by atoms with Gasteiger partial charge in [0.25, 0.3) is 0 Å². The van der Waals surface area contributed by atoms with Gasteiger partial charge in [-0.3, -0.25) is 0 Å². The fraction of sp³-hybridized carbons (Fsp3) is 0.100. The first-order valence-corrected chi connectivity index (χ1v) is 7.88. The van der Waals surface area contributed by atoms with E-state index in [1.165, 1.54) is 0 Å². The Hall–Kier alpha value is -2.29. The molecule has 0 spiro atoms. The zero-order valence-corrected chi connectivity index (χ0v) is 13.4. The lowest BCUT2D eigenvalue weighted by Gasteiger charge is -2.14. The van der Waals surface area contributed by atoms with E-state index >= 15 is 0 Å². The molecule has 3 aromatic rings. The highest BCUT2D eigenvalue weighted by atomic mass is 35.5. The summed E-state index contributed by atoms with van der Waals surface area (Å²) in [6.07, 6.45) is 0. The molecule has 2 nitrogen and oxygen atoms in total. The van der Waals surface area contributed by atoms with Crippen LogP contribution >= 0.6 is 11.6 Å². The van der Waals surface area contributed by atoms with Gasteiger partial charge in [-0.25, -0.2) is 0 Å². The molecule has 0 aromatic heterocycles. The molecular weight excluding hydrogens is 306 g/mol. The van der Waals surface area contributed by atoms with E-state index in [4.69, 9.17) is 22.1 Å². The topological polar surface area (TPSA) is 35.2 Å². The van der Waals surface area contributed by atoms with Crippen LogP contribution in [0.4, 0.5) is 0 Å². The summed E-state index contributed by atoms with van der Waals surface area (Å²) in [5.74, 6) is 0.809. The van der Waals surface area contributed by atoms with E-state index in [-0.39, 0.29) is 6.04 Å². The van der Waals surface area contributed by atoms with Gasteiger partial charge in [-0.15, -0.1) is 0 Å². The maximum Gasteiger partial charge on any atom is 0.120 e. The van der Waals surface area contributed by atoms with Crippen LogP contribution in [-0.4, -0.2) is 0 Å². The average Bonchev–Trinajstić information content (AvgIpc) is 2.60. The molecular formula is C20H18ClNO. The minimum atomic E-state index is -0.228. The van der Waals surface area contributed by atoms with E-state index < -0.39 is 0 Å². The largest absolute Gasteiger partial charge is 0.489 e. The summed E-state index contributed by atoms with van der Waals surface area (Å²) < 4.78 is 5.86. The molecule has 0 aliphatic rings. The molecule has 3 rings (SSSR count). The van der Waals surface area contributed by atoms with Gasteiger partial charge in [0.15, 0.2) is 0 Å². The SMILES string of the molecule is N[C@H](c1cccc(Cl)c1)c1cccc(OCc2ccccc2)c1. The van der Waals surface area contributed by atoms with Crippen LogP contribution in [0.3, 0.4) is 0 Å². The number of nitrogens with two attached hydrogens (primary N) is 1. The molecule has 0 bridgehead atoms. The number of hydrogen-bond acceptors (Lipinski definition) is 2. The first-order chi connectivity index (χ1) is 11.2. The first kappa shape index (κ1) is 15.6. The van der Waals surface area contributed by atoms with Crippen molar-refractivity contribution in [1.82, 2.24) is 0 Å². The van der Waals surface area contributed by atoms with Crippen molar-refractivity contribution < 1.29 is 4.74 Å². The second kappa shape index (κ2) is 7.32. The van der Waals surface area contributed by atoms with Gasteiger partial charge in [0, 0.05) is 5.02 Å². The summed E-state index contributed by atoms with van der Waals surface area (Å²) in [7, 11) is 0. The van der Waals surface area contributed by atoms with Crippen LogP contribution in [0.25, 0.3) is 0 Å². The number of benzene rings is 3. The molecule has 0 amide bonds. The van der Waals surface area contributed by atoms with Crippen LogP contribution in [0.5, 0.6) is 5.75 Å². The maximum atomic E-state index is 6.35. The molecule has 0 aliphatic carbocycles. The Morgan fingerprint density at radius 2 is 1.52 bits per heavy atom. The van der Waals surface area contributed by atoms with Crippen molar-refractivity contribution in [2.45, 2.75) is 12.6 Å². The van der Waals surface area contributed by atoms with E-state index in [1.807, 2.05) is 78.9 Å². The fourth-order valence-electron chi connectivity index (χ4n) is 2.43. The van der Waals surface area contributed by atoms with Gasteiger partial charge in [0.05, 0.1) is 6.04 Å². The van der Waals surface area contributed by atoms with Crippen molar-refractivity contribution in [2.75, 3.05) is 0 Å². The van der Waals surface area contributed by atoms with Crippen molar-refractivity contribution in [3.63, 3.8) is 0 Å². The highest BCUT2D eigenvalue weighted by molar-refractivity contribution is 6.30. The Bertz CT molecular complexity index is 773. The Balaban J connectivity index is 1.74. The van der Waals surface area contributed by atoms with Gasteiger partial charge in [-0.1, -0.05) is 66.2 Å². The minimum Gasteiger partial charge on any atom is -0.489 e. The minimum absolute atomic E-state index is 0.228. The highest BCUT2D eigenvalue weighted by Gasteiger charge is 2.10. The number of rotatable bonds is 5. The second-order valence-corrected chi connectivity index (χ2v) is 5.82. The van der Waals surface area contributed by atoms with Gasteiger partial charge in [-0.2, -0.15) is 0 Å². The lowest BCUT2D eigenvalue weighted by molar-refractivity contribution is 0.306. The Labute approximate surface area is 141 Å². The van der Waals surface area contributed by atoms with Crippen molar-refractivity contribution in [3.8, 4) is 5.75 Å². The average molecular weight is 324 g/mol. The van der Waals surface area contributed by atoms with Crippen LogP contribution in [-0.2, 0) is 6.61 Å². The standard InChI is InChI=1S/C20H18ClNO/c21-18-10-4-8-16(12-18)20(22)17-9-5-11-19(13-17)23-14-15-6-2-1-3-7-15/h1-13,20H,14,22H2/t20-/m1/s1. The molecule has 3 heteroatoms. The van der Waals surface area contributed by atoms with Gasteiger partial charge >= 0.3 is 0 Å². The Morgan fingerprint density at radius 1 is 0.826 bits per heavy atom. The number of halogens is 1. The molecule has 0 saturated heterocycles. The molecule has 0 unspecified atom stereocenters. The quantitative estimate of drug-likeness (QED) is 0.719. The van der Waals surface area contributed by atoms with Crippen LogP contribution in [0.15, 0.2) is 78.9 Å². The van der Waals surface area contributed by atoms with E-state index in [1.54, 1.807) is 0 Å². The number of hydrogen-bond donors (Lipinski definition) is 1. The van der Waals surface area contributed by atoms with Gasteiger partial charge in [0.1, 0.15) is 12.4 Å². The molecule has 0 heterocycles. The summed E-state index contributed by atoms with van der Waals surface area (Å²) in [4.78, 5) is 0. The third-order valence-electron chi connectivity index (χ3n) is 3.67. The predicted molar refractivity (Wildman–Crippen MR) is 94.7 cm³/mol. The van der Waals surface area contributed by atoms with Gasteiger partial charge in [0.2, 0.25) is 0 Å². The van der Waals surface area contributed by atoms with E-state index in [9.17, 15) is 0 Å². The van der Waals surface area contributed by atoms with Crippen molar-refractivity contribution in [3.05, 3.63) is 101 Å². The van der Waals surface area contributed by atoms with Crippen molar-refractivity contribution >= 4 is 11.6 Å². The summed E-state index contributed by atoms with van der Waals surface area (Å²) in [6, 6.07) is 25.4. The fourth-order valence-corrected chi connectivity index (χ4v) is 2.63. The number of ether oxygens (including phenoxy) is 1. The van der Waals surface area contributed by atoms with Gasteiger partial charge in [-0.05, 0) is 41.0 Å². The maximum absolute atomic E-state index is 6.35. The summed E-state index contributed by atoms with van der Waals surface area (Å²) >= 11 is 6.04. The van der Waals surface area contributed by atoms with Crippen molar-refractivity contribution in [1.29, 1.82) is 0 Å². The third-order valence-corrected chi connectivity index (χ3v) is 3.91. The molecule has 0 radical (unpaired) electrons. The van der Waals surface area contributed by atoms with Crippen LogP contribution < -0.4 is 10.5 Å². The lowest BCUT2D eigenvalue weighted by atomic mass is 9.99. The highest BCUT2D eigenvalue weighted by Crippen LogP contribution is 2.25. The second-order valence-electron chi connectivity index (χ2n) is 5.38. The van der Waals surface area contributed by atoms with Crippen LogP contribution in [0, 0.1) is 0 Å². The summed E-state index contributed by atoms with van der Waals surface area (Å²) in [5, 5.41) is 0.689. The third kappa shape index (κ3) is 4.13. The monoisotopic (exact) mass is 323 g/mol. The van der Waals surface area contributed by atoms with Crippen molar-refractivity contribution in [2.24, 2.45) is 5.73 Å². The molecule has 0 saturated carbocycles. The molecule has 2 N–H and O–H groups in total. The zero-order valence-electron chi connectivity index (χ0n) is 12.7. The molecule has 0 aliphatic heterocycles. The molecule has 116 valence electrons. The smallest absolute Gasteiger partial charge is 0.120 e. The Kier molecular flexibility index (Phi) is 4.96. The normalized spacial score (nSPS) is 11.9. The van der Waals surface area contributed by atoms with Crippen LogP contribution in [0.1, 0.15) is 22.7 Å². The van der Waals surface area contributed by atoms with E-state index in [0.717, 1.165) is 22.4 Å². The molecule has 23 heavy (non-hydrogen) atoms.